The summed E-state index contributed by atoms with van der Waals surface area (Å²) in [6.07, 6.45) is 4.33. The Hall–Kier alpha value is 0.535. The summed E-state index contributed by atoms with van der Waals surface area (Å²) in [6, 6.07) is 0. The minimum Gasteiger partial charge on any atom is -0.0654 e. The summed E-state index contributed by atoms with van der Waals surface area (Å²) in [7, 11) is 1.09. The van der Waals surface area contributed by atoms with E-state index >= 15 is 0 Å². The van der Waals surface area contributed by atoms with Crippen LogP contribution in [0.15, 0.2) is 0 Å². The zero-order valence-electron chi connectivity index (χ0n) is 8.45. The van der Waals surface area contributed by atoms with Crippen LogP contribution in [0.3, 0.4) is 0 Å². The van der Waals surface area contributed by atoms with Gasteiger partial charge in [0.15, 0.2) is 0 Å². The van der Waals surface area contributed by atoms with Gasteiger partial charge in [0.25, 0.3) is 0 Å². The number of hydrogen-bond acceptors (Lipinski definition) is 2. The maximum atomic E-state index is 11.1. The first kappa shape index (κ1) is 13.5. The van der Waals surface area contributed by atoms with Gasteiger partial charge >= 0.3 is 71.7 Å². The third-order valence-corrected chi connectivity index (χ3v) is 5.97. The molecule has 0 N–H and O–H groups in total. The van der Waals surface area contributed by atoms with Crippen LogP contribution >= 0.6 is 0 Å². The molecule has 0 aromatic carbocycles. The van der Waals surface area contributed by atoms with Gasteiger partial charge in [-0.3, -0.25) is 0 Å². The standard InChI is InChI=1S/C6H9O2.C3H7.Pt.H3Si/c7-5-6-3-1-2-4-8-6;1-3-2;;/h6H,1-4H2;1,3H2,2H3;;1H3. The first-order chi connectivity index (χ1) is 6.26. The molecule has 81 valence electrons. The van der Waals surface area contributed by atoms with Crippen LogP contribution in [0.2, 0.25) is 0 Å². The number of carbonyl (C=O) groups excluding carboxylic acids is 1. The Balaban J connectivity index is 0.000000424. The summed E-state index contributed by atoms with van der Waals surface area (Å²) >= 11 is -0.114. The molecule has 1 heterocycles. The molecule has 1 atom stereocenters. The Morgan fingerprint density at radius 3 is 2.69 bits per heavy atom. The second-order valence-electron chi connectivity index (χ2n) is 2.79. The van der Waals surface area contributed by atoms with Crippen molar-refractivity contribution in [1.29, 1.82) is 0 Å². The topological polar surface area (TPSA) is 26.3 Å². The largest absolute Gasteiger partial charge is 0.0654 e. The minimum absolute atomic E-state index is 0.0135. The minimum atomic E-state index is -0.114. The van der Waals surface area contributed by atoms with E-state index in [4.69, 9.17) is 4.74 Å². The molecule has 1 saturated heterocycles. The molecule has 0 spiro atoms. The van der Waals surface area contributed by atoms with Gasteiger partial charge in [-0.15, -0.1) is 0 Å². The Bertz CT molecular complexity index is 136. The zero-order chi connectivity index (χ0) is 10.1. The summed E-state index contributed by atoms with van der Waals surface area (Å²) in [6.45, 7) is 6.31. The first-order valence-corrected chi connectivity index (χ1v) is 13.2. The van der Waals surface area contributed by atoms with Gasteiger partial charge in [0.2, 0.25) is 0 Å². The Labute approximate surface area is 92.0 Å². The zero-order valence-corrected chi connectivity index (χ0v) is 12.7. The second kappa shape index (κ2) is 9.10. The maximum Gasteiger partial charge on any atom is -0.0536 e. The summed E-state index contributed by atoms with van der Waals surface area (Å²) in [5, 5.41) is 0. The van der Waals surface area contributed by atoms with Crippen molar-refractivity contribution in [2.75, 3.05) is 6.61 Å². The van der Waals surface area contributed by atoms with E-state index in [1.54, 1.807) is 0 Å². The van der Waals surface area contributed by atoms with Gasteiger partial charge in [-0.25, -0.2) is 0 Å². The molecule has 0 aliphatic carbocycles. The molecule has 1 aliphatic heterocycles. The molecule has 1 unspecified atom stereocenters. The predicted molar refractivity (Wildman–Crippen MR) is 54.2 cm³/mol. The van der Waals surface area contributed by atoms with Crippen LogP contribution in [0.25, 0.3) is 0 Å². The molecule has 0 saturated carbocycles. The average molecular weight is 382 g/mol. The van der Waals surface area contributed by atoms with Crippen LogP contribution in [0, 0.1) is 6.92 Å². The van der Waals surface area contributed by atoms with Gasteiger partial charge in [-0.2, -0.15) is 0 Å². The fourth-order valence-corrected chi connectivity index (χ4v) is 3.92. The molecule has 1 rings (SSSR count). The van der Waals surface area contributed by atoms with E-state index in [1.807, 2.05) is 6.92 Å². The predicted octanol–water partition coefficient (Wildman–Crippen LogP) is 0.675. The van der Waals surface area contributed by atoms with E-state index in [0.29, 0.717) is 4.17 Å². The van der Waals surface area contributed by atoms with Crippen molar-refractivity contribution in [2.24, 2.45) is 0 Å². The fraction of sp³-hybridized carbons (Fsp3) is 0.778. The molecule has 0 bridgehead atoms. The van der Waals surface area contributed by atoms with E-state index < -0.39 is 0 Å². The van der Waals surface area contributed by atoms with Crippen LogP contribution in [0.1, 0.15) is 32.6 Å². The molecule has 0 aromatic heterocycles. The summed E-state index contributed by atoms with van der Waals surface area (Å²) in [5.41, 5.74) is 0. The van der Waals surface area contributed by atoms with Gasteiger partial charge in [-0.05, 0) is 0 Å². The van der Waals surface area contributed by atoms with Crippen molar-refractivity contribution in [3.8, 4) is 0 Å². The second-order valence-corrected chi connectivity index (χ2v) is 7.63. The molecule has 0 aromatic rings. The molecular weight excluding hydrogens is 363 g/mol. The van der Waals surface area contributed by atoms with Crippen LogP contribution in [-0.2, 0) is 27.4 Å². The third kappa shape index (κ3) is 6.59. The Morgan fingerprint density at radius 1 is 1.69 bits per heavy atom. The summed E-state index contributed by atoms with van der Waals surface area (Å²) in [4.78, 5) is 11.1. The summed E-state index contributed by atoms with van der Waals surface area (Å²) in [5.74, 6) is 0. The number of ether oxygens (including phenoxy) is 1. The number of rotatable bonds is 2. The van der Waals surface area contributed by atoms with Crippen molar-refractivity contribution >= 4 is 12.4 Å². The molecule has 0 amide bonds. The monoisotopic (exact) mass is 382 g/mol. The molecule has 1 radical (unpaired) electrons. The normalized spacial score (nSPS) is 22.2. The van der Waals surface area contributed by atoms with Crippen molar-refractivity contribution in [1.82, 2.24) is 0 Å². The van der Waals surface area contributed by atoms with E-state index in [-0.39, 0.29) is 23.9 Å². The van der Waals surface area contributed by atoms with Crippen LogP contribution in [0.4, 0.5) is 0 Å². The SMILES string of the molecule is O=[C]([Pt][SiH3])C1CCCCO1.[CH2]CC. The molecule has 1 aliphatic rings. The Kier molecular flexibility index (Phi) is 9.48. The maximum absolute atomic E-state index is 11.1. The molecular formula is C9H19O2PtSi. The van der Waals surface area contributed by atoms with E-state index in [9.17, 15) is 4.79 Å². The van der Waals surface area contributed by atoms with Gasteiger partial charge in [0, 0.05) is 0 Å². The Morgan fingerprint density at radius 2 is 2.31 bits per heavy atom. The summed E-state index contributed by atoms with van der Waals surface area (Å²) < 4.78 is 5.77. The molecule has 4 heteroatoms. The van der Waals surface area contributed by atoms with Crippen LogP contribution < -0.4 is 0 Å². The molecule has 13 heavy (non-hydrogen) atoms. The van der Waals surface area contributed by atoms with Crippen LogP contribution in [0.5, 0.6) is 0 Å². The number of hydrogen-bond donors (Lipinski definition) is 0. The van der Waals surface area contributed by atoms with Crippen LogP contribution in [-0.4, -0.2) is 25.1 Å². The average Bonchev–Trinajstić information content (AvgIpc) is 2.19. The van der Waals surface area contributed by atoms with Gasteiger partial charge in [-0.1, -0.05) is 20.3 Å². The fourth-order valence-electron chi connectivity index (χ4n) is 1.01. The first-order valence-electron chi connectivity index (χ1n) is 4.61. The van der Waals surface area contributed by atoms with Gasteiger partial charge < -0.3 is 0 Å². The molecule has 1 fully saturated rings. The third-order valence-electron chi connectivity index (χ3n) is 1.57. The van der Waals surface area contributed by atoms with Crippen molar-refractivity contribution in [3.05, 3.63) is 6.92 Å². The molecule has 2 nitrogen and oxygen atoms in total. The smallest absolute Gasteiger partial charge is 0.0536 e. The van der Waals surface area contributed by atoms with Crippen molar-refractivity contribution in [3.63, 3.8) is 0 Å². The van der Waals surface area contributed by atoms with Gasteiger partial charge in [0.1, 0.15) is 0 Å². The quantitative estimate of drug-likeness (QED) is 0.657. The van der Waals surface area contributed by atoms with Crippen molar-refractivity contribution in [2.45, 2.75) is 38.7 Å². The van der Waals surface area contributed by atoms with E-state index in [1.165, 1.54) is 6.42 Å². The van der Waals surface area contributed by atoms with Crippen molar-refractivity contribution < 1.29 is 27.4 Å². The number of carbonyl (C=O) groups is 1. The van der Waals surface area contributed by atoms with E-state index in [0.717, 1.165) is 34.1 Å². The van der Waals surface area contributed by atoms with Gasteiger partial charge in [0.05, 0.1) is 0 Å². The van der Waals surface area contributed by atoms with E-state index in [2.05, 4.69) is 6.92 Å².